The molecule has 0 unspecified atom stereocenters. The highest BCUT2D eigenvalue weighted by atomic mass is 35.5. The Morgan fingerprint density at radius 2 is 1.50 bits per heavy atom. The van der Waals surface area contributed by atoms with Crippen LogP contribution in [0.15, 0.2) is 48.5 Å². The van der Waals surface area contributed by atoms with E-state index in [1.165, 1.54) is 7.11 Å². The second-order valence-electron chi connectivity index (χ2n) is 7.30. The molecule has 148 valence electrons. The lowest BCUT2D eigenvalue weighted by Gasteiger charge is -2.44. The smallest absolute Gasteiger partial charge is 0.337 e. The van der Waals surface area contributed by atoms with Crippen molar-refractivity contribution in [2.75, 3.05) is 20.2 Å². The third kappa shape index (κ3) is 4.54. The Bertz CT molecular complexity index is 824. The lowest BCUT2D eigenvalue weighted by atomic mass is 10.0. The van der Waals surface area contributed by atoms with Gasteiger partial charge in [0.05, 0.1) is 12.7 Å². The predicted octanol–water partition coefficient (Wildman–Crippen LogP) is 3.86. The molecule has 1 heterocycles. The number of rotatable bonds is 4. The van der Waals surface area contributed by atoms with Crippen molar-refractivity contribution < 1.29 is 14.3 Å². The minimum Gasteiger partial charge on any atom is -0.465 e. The maximum absolute atomic E-state index is 12.9. The normalized spacial score (nSPS) is 20.1. The number of piperazine rings is 1. The van der Waals surface area contributed by atoms with Gasteiger partial charge in [0.1, 0.15) is 0 Å². The Balaban J connectivity index is 1.65. The Morgan fingerprint density at radius 1 is 0.964 bits per heavy atom. The van der Waals surface area contributed by atoms with Crippen molar-refractivity contribution in [1.82, 2.24) is 9.80 Å². The van der Waals surface area contributed by atoms with Crippen LogP contribution in [0.1, 0.15) is 40.1 Å². The highest BCUT2D eigenvalue weighted by molar-refractivity contribution is 6.30. The second kappa shape index (κ2) is 8.76. The molecular formula is C22H25ClN2O3. The number of carbonyl (C=O) groups excluding carboxylic acids is 2. The first-order valence-electron chi connectivity index (χ1n) is 9.37. The van der Waals surface area contributed by atoms with E-state index in [9.17, 15) is 9.59 Å². The Hall–Kier alpha value is -2.37. The molecule has 1 aliphatic rings. The first-order chi connectivity index (χ1) is 13.4. The number of hydrogen-bond acceptors (Lipinski definition) is 4. The summed E-state index contributed by atoms with van der Waals surface area (Å²) in [7, 11) is 1.38. The molecule has 1 saturated heterocycles. The fourth-order valence-electron chi connectivity index (χ4n) is 3.83. The molecule has 0 aromatic heterocycles. The molecular weight excluding hydrogens is 376 g/mol. The summed E-state index contributed by atoms with van der Waals surface area (Å²) < 4.78 is 4.74. The molecule has 0 bridgehead atoms. The van der Waals surface area contributed by atoms with Crippen LogP contribution >= 0.6 is 11.6 Å². The maximum Gasteiger partial charge on any atom is 0.337 e. The molecule has 0 saturated carbocycles. The molecule has 0 aliphatic carbocycles. The van der Waals surface area contributed by atoms with Gasteiger partial charge in [-0.25, -0.2) is 4.79 Å². The Labute approximate surface area is 170 Å². The second-order valence-corrected chi connectivity index (χ2v) is 7.74. The molecule has 3 rings (SSSR count). The van der Waals surface area contributed by atoms with Crippen LogP contribution in [0, 0.1) is 0 Å². The highest BCUT2D eigenvalue weighted by Crippen LogP contribution is 2.22. The summed E-state index contributed by atoms with van der Waals surface area (Å²) in [5, 5.41) is 0.626. The number of benzene rings is 2. The number of ether oxygens (including phenoxy) is 1. The van der Waals surface area contributed by atoms with E-state index in [-0.39, 0.29) is 24.0 Å². The molecule has 2 aromatic rings. The van der Waals surface area contributed by atoms with Crippen LogP contribution in [0.5, 0.6) is 0 Å². The van der Waals surface area contributed by atoms with Crippen LogP contribution in [0.2, 0.25) is 5.02 Å². The zero-order valence-corrected chi connectivity index (χ0v) is 17.1. The molecule has 6 heteroatoms. The number of esters is 1. The van der Waals surface area contributed by atoms with Gasteiger partial charge in [0, 0.05) is 42.3 Å². The topological polar surface area (TPSA) is 49.9 Å². The van der Waals surface area contributed by atoms with Crippen LogP contribution in [-0.2, 0) is 11.3 Å². The molecule has 1 aliphatic heterocycles. The van der Waals surface area contributed by atoms with Crippen LogP contribution in [0.4, 0.5) is 0 Å². The SMILES string of the molecule is COC(=O)c1ccc(CN2C[C@@H](C)N(C(=O)c3ccc(Cl)cc3)[C@@H](C)C2)cc1. The molecule has 28 heavy (non-hydrogen) atoms. The zero-order chi connectivity index (χ0) is 20.3. The monoisotopic (exact) mass is 400 g/mol. The van der Waals surface area contributed by atoms with Crippen molar-refractivity contribution in [1.29, 1.82) is 0 Å². The highest BCUT2D eigenvalue weighted by Gasteiger charge is 2.33. The molecule has 2 aromatic carbocycles. The van der Waals surface area contributed by atoms with E-state index in [0.717, 1.165) is 25.2 Å². The van der Waals surface area contributed by atoms with Crippen LogP contribution < -0.4 is 0 Å². The van der Waals surface area contributed by atoms with E-state index in [1.54, 1.807) is 36.4 Å². The number of carbonyl (C=O) groups is 2. The van der Waals surface area contributed by atoms with Crippen LogP contribution in [0.25, 0.3) is 0 Å². The maximum atomic E-state index is 12.9. The van der Waals surface area contributed by atoms with Gasteiger partial charge in [0.2, 0.25) is 0 Å². The molecule has 1 fully saturated rings. The number of nitrogens with zero attached hydrogens (tertiary/aromatic N) is 2. The van der Waals surface area contributed by atoms with Gasteiger partial charge in [-0.3, -0.25) is 9.69 Å². The van der Waals surface area contributed by atoms with Gasteiger partial charge < -0.3 is 9.64 Å². The van der Waals surface area contributed by atoms with Crippen molar-refractivity contribution in [2.45, 2.75) is 32.5 Å². The van der Waals surface area contributed by atoms with Gasteiger partial charge >= 0.3 is 5.97 Å². The van der Waals surface area contributed by atoms with Crippen molar-refractivity contribution in [3.8, 4) is 0 Å². The van der Waals surface area contributed by atoms with Gasteiger partial charge in [-0.2, -0.15) is 0 Å². The number of halogens is 1. The van der Waals surface area contributed by atoms with Gasteiger partial charge in [-0.05, 0) is 55.8 Å². The molecule has 0 spiro atoms. The standard InChI is InChI=1S/C22H25ClN2O3/c1-15-12-24(14-17-4-6-19(7-5-17)22(27)28-3)13-16(2)25(15)21(26)18-8-10-20(23)11-9-18/h4-11,15-16H,12-14H2,1-3H3/t15-,16+. The summed E-state index contributed by atoms with van der Waals surface area (Å²) in [5.74, 6) is -0.290. The Kier molecular flexibility index (Phi) is 6.37. The summed E-state index contributed by atoms with van der Waals surface area (Å²) in [6, 6.07) is 14.7. The van der Waals surface area contributed by atoms with E-state index in [1.807, 2.05) is 17.0 Å². The summed E-state index contributed by atoms with van der Waals surface area (Å²) in [6.45, 7) is 6.53. The number of hydrogen-bond donors (Lipinski definition) is 0. The van der Waals surface area contributed by atoms with E-state index in [0.29, 0.717) is 16.1 Å². The minimum absolute atomic E-state index is 0.0405. The van der Waals surface area contributed by atoms with E-state index in [4.69, 9.17) is 16.3 Å². The quantitative estimate of drug-likeness (QED) is 0.731. The third-order valence-electron chi connectivity index (χ3n) is 5.10. The molecule has 2 atom stereocenters. The fourth-order valence-corrected chi connectivity index (χ4v) is 3.95. The van der Waals surface area contributed by atoms with Crippen LogP contribution in [-0.4, -0.2) is 54.0 Å². The lowest BCUT2D eigenvalue weighted by molar-refractivity contribution is 0.0268. The summed E-state index contributed by atoms with van der Waals surface area (Å²) in [6.07, 6.45) is 0. The van der Waals surface area contributed by atoms with Crippen molar-refractivity contribution in [2.24, 2.45) is 0 Å². The molecule has 1 amide bonds. The largest absolute Gasteiger partial charge is 0.465 e. The lowest BCUT2D eigenvalue weighted by Crippen LogP contribution is -2.58. The van der Waals surface area contributed by atoms with Gasteiger partial charge in [0.25, 0.3) is 5.91 Å². The minimum atomic E-state index is -0.330. The van der Waals surface area contributed by atoms with E-state index < -0.39 is 0 Å². The Morgan fingerprint density at radius 3 is 2.04 bits per heavy atom. The van der Waals surface area contributed by atoms with Crippen molar-refractivity contribution >= 4 is 23.5 Å². The van der Waals surface area contributed by atoms with Crippen LogP contribution in [0.3, 0.4) is 0 Å². The summed E-state index contributed by atoms with van der Waals surface area (Å²) >= 11 is 5.93. The molecule has 0 radical (unpaired) electrons. The van der Waals surface area contributed by atoms with Gasteiger partial charge in [-0.1, -0.05) is 23.7 Å². The predicted molar refractivity (Wildman–Crippen MR) is 110 cm³/mol. The molecule has 0 N–H and O–H groups in total. The number of amides is 1. The average Bonchev–Trinajstić information content (AvgIpc) is 2.68. The van der Waals surface area contributed by atoms with Gasteiger partial charge in [0.15, 0.2) is 0 Å². The summed E-state index contributed by atoms with van der Waals surface area (Å²) in [4.78, 5) is 28.8. The van der Waals surface area contributed by atoms with E-state index >= 15 is 0 Å². The van der Waals surface area contributed by atoms with Gasteiger partial charge in [-0.15, -0.1) is 0 Å². The zero-order valence-electron chi connectivity index (χ0n) is 16.4. The van der Waals surface area contributed by atoms with Crippen molar-refractivity contribution in [3.63, 3.8) is 0 Å². The van der Waals surface area contributed by atoms with Crippen molar-refractivity contribution in [3.05, 3.63) is 70.2 Å². The number of methoxy groups -OCH3 is 1. The van der Waals surface area contributed by atoms with E-state index in [2.05, 4.69) is 18.7 Å². The summed E-state index contributed by atoms with van der Waals surface area (Å²) in [5.41, 5.74) is 2.34. The fraction of sp³-hybridized carbons (Fsp3) is 0.364. The molecule has 5 nitrogen and oxygen atoms in total. The first kappa shape index (κ1) is 20.4. The third-order valence-corrected chi connectivity index (χ3v) is 5.35. The average molecular weight is 401 g/mol. The first-order valence-corrected chi connectivity index (χ1v) is 9.74.